The van der Waals surface area contributed by atoms with Crippen molar-refractivity contribution in [1.82, 2.24) is 0 Å². The van der Waals surface area contributed by atoms with E-state index in [1.54, 1.807) is 0 Å². The molecular weight excluding hydrogens is 801 g/mol. The minimum atomic E-state index is -0.0495. The summed E-state index contributed by atoms with van der Waals surface area (Å²) in [5.41, 5.74) is 0. The standard InChI is InChI=1S/C29H56O4.C27H52O4/c1-4-7-25-32-28(30)22-20-18-16-14-12-10-9-11-13-15-17-19-21-27(6-3)23-24-29(31)33-26-8-5-2;1-6-25(21-22-27(29)31-24(4)5)19-17-15-13-11-9-7-8-10-12-14-16-18-20-26(28)30-23(2)3/h27H,4-26H2,1-3H3;23-25H,6-22H2,1-5H3. The molecule has 0 aliphatic carbocycles. The van der Waals surface area contributed by atoms with Gasteiger partial charge >= 0.3 is 23.9 Å². The van der Waals surface area contributed by atoms with Crippen molar-refractivity contribution in [3.63, 3.8) is 0 Å². The fourth-order valence-corrected chi connectivity index (χ4v) is 8.14. The average molecular weight is 909 g/mol. The first-order chi connectivity index (χ1) is 31.0. The fraction of sp³-hybridized carbons (Fsp3) is 0.929. The largest absolute Gasteiger partial charge is 0.466 e. The van der Waals surface area contributed by atoms with E-state index < -0.39 is 0 Å². The van der Waals surface area contributed by atoms with Gasteiger partial charge in [-0.1, -0.05) is 207 Å². The van der Waals surface area contributed by atoms with Gasteiger partial charge in [-0.15, -0.1) is 0 Å². The summed E-state index contributed by atoms with van der Waals surface area (Å²) in [5.74, 6) is 1.22. The molecule has 0 rings (SSSR count). The Morgan fingerprint density at radius 3 is 0.891 bits per heavy atom. The number of unbranched alkanes of at least 4 members (excludes halogenated alkanes) is 24. The van der Waals surface area contributed by atoms with Crippen LogP contribution in [0.2, 0.25) is 0 Å². The maximum absolute atomic E-state index is 11.8. The molecule has 2 atom stereocenters. The van der Waals surface area contributed by atoms with Gasteiger partial charge < -0.3 is 18.9 Å². The maximum Gasteiger partial charge on any atom is 0.306 e. The molecule has 0 aromatic heterocycles. The van der Waals surface area contributed by atoms with E-state index in [2.05, 4.69) is 27.7 Å². The third kappa shape index (κ3) is 50.9. The molecule has 8 nitrogen and oxygen atoms in total. The monoisotopic (exact) mass is 909 g/mol. The van der Waals surface area contributed by atoms with E-state index in [0.717, 1.165) is 70.6 Å². The van der Waals surface area contributed by atoms with Crippen molar-refractivity contribution in [2.75, 3.05) is 13.2 Å². The number of carbonyl (C=O) groups is 4. The van der Waals surface area contributed by atoms with E-state index >= 15 is 0 Å². The number of hydrogen-bond acceptors (Lipinski definition) is 8. The van der Waals surface area contributed by atoms with E-state index in [0.29, 0.717) is 50.7 Å². The van der Waals surface area contributed by atoms with Crippen LogP contribution in [0.5, 0.6) is 0 Å². The minimum Gasteiger partial charge on any atom is -0.466 e. The molecule has 0 bridgehead atoms. The molecule has 64 heavy (non-hydrogen) atoms. The minimum absolute atomic E-state index is 0.000489. The van der Waals surface area contributed by atoms with Crippen molar-refractivity contribution in [2.45, 2.75) is 312 Å². The van der Waals surface area contributed by atoms with Gasteiger partial charge in [0.2, 0.25) is 0 Å². The van der Waals surface area contributed by atoms with Crippen molar-refractivity contribution in [2.24, 2.45) is 11.8 Å². The topological polar surface area (TPSA) is 105 Å². The van der Waals surface area contributed by atoms with Crippen LogP contribution in [-0.2, 0) is 38.1 Å². The van der Waals surface area contributed by atoms with E-state index in [9.17, 15) is 19.2 Å². The van der Waals surface area contributed by atoms with Crippen LogP contribution in [0.25, 0.3) is 0 Å². The number of ether oxygens (including phenoxy) is 4. The van der Waals surface area contributed by atoms with Crippen LogP contribution in [0.3, 0.4) is 0 Å². The van der Waals surface area contributed by atoms with E-state index in [-0.39, 0.29) is 36.1 Å². The summed E-state index contributed by atoms with van der Waals surface area (Å²) in [6.07, 6.45) is 44.0. The Morgan fingerprint density at radius 2 is 0.578 bits per heavy atom. The lowest BCUT2D eigenvalue weighted by Crippen LogP contribution is -2.12. The van der Waals surface area contributed by atoms with E-state index in [1.807, 2.05) is 27.7 Å². The van der Waals surface area contributed by atoms with Crippen LogP contribution < -0.4 is 0 Å². The predicted molar refractivity (Wildman–Crippen MR) is 269 cm³/mol. The molecule has 0 saturated carbocycles. The molecule has 0 N–H and O–H groups in total. The molecule has 0 radical (unpaired) electrons. The summed E-state index contributed by atoms with van der Waals surface area (Å²) < 4.78 is 20.8. The highest BCUT2D eigenvalue weighted by atomic mass is 16.5. The zero-order valence-corrected chi connectivity index (χ0v) is 43.9. The third-order valence-electron chi connectivity index (χ3n) is 12.4. The molecule has 0 heterocycles. The normalized spacial score (nSPS) is 12.2. The smallest absolute Gasteiger partial charge is 0.306 e. The van der Waals surface area contributed by atoms with Gasteiger partial charge in [-0.25, -0.2) is 0 Å². The highest BCUT2D eigenvalue weighted by Crippen LogP contribution is 2.22. The maximum atomic E-state index is 11.8. The summed E-state index contributed by atoms with van der Waals surface area (Å²) in [6, 6.07) is 0. The van der Waals surface area contributed by atoms with E-state index in [1.165, 1.54) is 148 Å². The molecule has 0 spiro atoms. The molecule has 2 unspecified atom stereocenters. The lowest BCUT2D eigenvalue weighted by molar-refractivity contribution is -0.148. The van der Waals surface area contributed by atoms with Crippen molar-refractivity contribution in [3.05, 3.63) is 0 Å². The van der Waals surface area contributed by atoms with Crippen LogP contribution in [0, 0.1) is 11.8 Å². The number of rotatable bonds is 46. The van der Waals surface area contributed by atoms with Gasteiger partial charge in [0, 0.05) is 25.7 Å². The van der Waals surface area contributed by atoms with Crippen molar-refractivity contribution >= 4 is 23.9 Å². The molecular formula is C56H108O8. The van der Waals surface area contributed by atoms with Crippen molar-refractivity contribution < 1.29 is 38.1 Å². The van der Waals surface area contributed by atoms with Crippen LogP contribution in [0.15, 0.2) is 0 Å². The molecule has 8 heteroatoms. The summed E-state index contributed by atoms with van der Waals surface area (Å²) >= 11 is 0. The first-order valence-corrected chi connectivity index (χ1v) is 27.7. The second kappa shape index (κ2) is 50.3. The van der Waals surface area contributed by atoms with Gasteiger partial charge in [0.1, 0.15) is 0 Å². The molecule has 0 aliphatic heterocycles. The van der Waals surface area contributed by atoms with Gasteiger partial charge in [-0.2, -0.15) is 0 Å². The number of carbonyl (C=O) groups excluding carboxylic acids is 4. The molecule has 380 valence electrons. The molecule has 0 saturated heterocycles. The molecule has 0 amide bonds. The Morgan fingerprint density at radius 1 is 0.312 bits per heavy atom. The van der Waals surface area contributed by atoms with Gasteiger partial charge in [-0.05, 0) is 78.1 Å². The quantitative estimate of drug-likeness (QED) is 0.0338. The second-order valence-corrected chi connectivity index (χ2v) is 19.4. The molecule has 0 aromatic rings. The zero-order valence-electron chi connectivity index (χ0n) is 43.9. The fourth-order valence-electron chi connectivity index (χ4n) is 8.14. The van der Waals surface area contributed by atoms with Crippen molar-refractivity contribution in [1.29, 1.82) is 0 Å². The molecule has 0 fully saturated rings. The lowest BCUT2D eigenvalue weighted by atomic mass is 9.93. The Labute approximate surface area is 397 Å². The predicted octanol–water partition coefficient (Wildman–Crippen LogP) is 17.1. The Balaban J connectivity index is 0. The second-order valence-electron chi connectivity index (χ2n) is 19.4. The highest BCUT2D eigenvalue weighted by molar-refractivity contribution is 5.70. The highest BCUT2D eigenvalue weighted by Gasteiger charge is 2.13. The molecule has 0 aliphatic rings. The summed E-state index contributed by atoms with van der Waals surface area (Å²) in [4.78, 5) is 46.4. The van der Waals surface area contributed by atoms with Crippen LogP contribution >= 0.6 is 0 Å². The third-order valence-corrected chi connectivity index (χ3v) is 12.4. The SMILES string of the molecule is CCC(CCCCCCCCCCCCCCC(=O)OC(C)C)CCC(=O)OC(C)C.CCCCOC(=O)CCCCCCCCCCCCCCC(CC)CCC(=O)OCCCC. The van der Waals surface area contributed by atoms with Crippen molar-refractivity contribution in [3.8, 4) is 0 Å². The van der Waals surface area contributed by atoms with Gasteiger partial charge in [0.05, 0.1) is 25.4 Å². The number of esters is 4. The van der Waals surface area contributed by atoms with Crippen LogP contribution in [0.4, 0.5) is 0 Å². The Hall–Kier alpha value is -2.12. The van der Waals surface area contributed by atoms with E-state index in [4.69, 9.17) is 18.9 Å². The lowest BCUT2D eigenvalue weighted by Gasteiger charge is -2.15. The Bertz CT molecular complexity index is 1030. The summed E-state index contributed by atoms with van der Waals surface area (Å²) in [5, 5.41) is 0. The molecule has 0 aromatic carbocycles. The first kappa shape index (κ1) is 64.0. The zero-order chi connectivity index (χ0) is 47.7. The van der Waals surface area contributed by atoms with Crippen LogP contribution in [-0.4, -0.2) is 49.3 Å². The van der Waals surface area contributed by atoms with Gasteiger partial charge in [-0.3, -0.25) is 19.2 Å². The number of hydrogen-bond donors (Lipinski definition) is 0. The van der Waals surface area contributed by atoms with Crippen LogP contribution in [0.1, 0.15) is 299 Å². The Kier molecular flexibility index (Phi) is 50.3. The summed E-state index contributed by atoms with van der Waals surface area (Å²) in [7, 11) is 0. The van der Waals surface area contributed by atoms with Gasteiger partial charge in [0.15, 0.2) is 0 Å². The van der Waals surface area contributed by atoms with Gasteiger partial charge in [0.25, 0.3) is 0 Å². The average Bonchev–Trinajstić information content (AvgIpc) is 3.25. The summed E-state index contributed by atoms with van der Waals surface area (Å²) in [6.45, 7) is 17.5. The first-order valence-electron chi connectivity index (χ1n) is 27.7.